The molecule has 2 nitrogen and oxygen atoms in total. The van der Waals surface area contributed by atoms with Crippen LogP contribution in [0.5, 0.6) is 5.75 Å². The van der Waals surface area contributed by atoms with Gasteiger partial charge >= 0.3 is 0 Å². The monoisotopic (exact) mass is 259 g/mol. The lowest BCUT2D eigenvalue weighted by atomic mass is 9.87. The maximum atomic E-state index is 5.72. The highest BCUT2D eigenvalue weighted by Crippen LogP contribution is 2.36. The van der Waals surface area contributed by atoms with Crippen LogP contribution in [0.25, 0.3) is 0 Å². The van der Waals surface area contributed by atoms with Gasteiger partial charge in [-0.3, -0.25) is 0 Å². The summed E-state index contributed by atoms with van der Waals surface area (Å²) in [7, 11) is 0. The highest BCUT2D eigenvalue weighted by Gasteiger charge is 2.20. The first-order chi connectivity index (χ1) is 9.31. The lowest BCUT2D eigenvalue weighted by Gasteiger charge is -2.26. The fraction of sp³-hybridized carbons (Fsp3) is 0.529. The molecule has 0 fully saturated rings. The first kappa shape index (κ1) is 14.1. The van der Waals surface area contributed by atoms with Crippen molar-refractivity contribution in [3.05, 3.63) is 41.5 Å². The maximum Gasteiger partial charge on any atom is 0.122 e. The number of hydrogen-bond donors (Lipinski definition) is 1. The molecule has 0 aromatic heterocycles. The average molecular weight is 259 g/mol. The Morgan fingerprint density at radius 2 is 2.26 bits per heavy atom. The van der Waals surface area contributed by atoms with Gasteiger partial charge in [0.15, 0.2) is 0 Å². The molecule has 1 aliphatic rings. The molecule has 0 aliphatic carbocycles. The number of fused-ring (bicyclic) bond motifs is 1. The molecular weight excluding hydrogens is 234 g/mol. The summed E-state index contributed by atoms with van der Waals surface area (Å²) >= 11 is 0. The second-order valence-corrected chi connectivity index (χ2v) is 5.27. The predicted octanol–water partition coefficient (Wildman–Crippen LogP) is 3.89. The van der Waals surface area contributed by atoms with Crippen molar-refractivity contribution in [3.63, 3.8) is 0 Å². The number of allylic oxidation sites excluding steroid dienone is 1. The van der Waals surface area contributed by atoms with Gasteiger partial charge in [0.1, 0.15) is 5.75 Å². The Morgan fingerprint density at radius 3 is 3.11 bits per heavy atom. The van der Waals surface area contributed by atoms with Crippen molar-refractivity contribution in [1.82, 2.24) is 5.32 Å². The zero-order valence-corrected chi connectivity index (χ0v) is 12.1. The van der Waals surface area contributed by atoms with E-state index >= 15 is 0 Å². The van der Waals surface area contributed by atoms with Crippen LogP contribution >= 0.6 is 0 Å². The minimum Gasteiger partial charge on any atom is -0.493 e. The van der Waals surface area contributed by atoms with Gasteiger partial charge in [-0.05, 0) is 56.8 Å². The lowest BCUT2D eigenvalue weighted by Crippen LogP contribution is -2.15. The molecule has 0 saturated carbocycles. The third kappa shape index (κ3) is 4.10. The third-order valence-electron chi connectivity index (χ3n) is 3.72. The highest BCUT2D eigenvalue weighted by molar-refractivity contribution is 5.38. The van der Waals surface area contributed by atoms with E-state index in [1.54, 1.807) is 0 Å². The van der Waals surface area contributed by atoms with E-state index in [0.29, 0.717) is 5.92 Å². The number of hydrogen-bond acceptors (Lipinski definition) is 2. The predicted molar refractivity (Wildman–Crippen MR) is 80.8 cm³/mol. The van der Waals surface area contributed by atoms with Crippen molar-refractivity contribution >= 4 is 0 Å². The van der Waals surface area contributed by atoms with E-state index in [-0.39, 0.29) is 0 Å². The van der Waals surface area contributed by atoms with Gasteiger partial charge in [0.05, 0.1) is 6.61 Å². The zero-order chi connectivity index (χ0) is 13.5. The lowest BCUT2D eigenvalue weighted by molar-refractivity contribution is 0.266. The fourth-order valence-electron chi connectivity index (χ4n) is 2.70. The van der Waals surface area contributed by atoms with Gasteiger partial charge in [-0.1, -0.05) is 36.8 Å². The molecule has 0 spiro atoms. The summed E-state index contributed by atoms with van der Waals surface area (Å²) in [6.45, 7) is 7.39. The van der Waals surface area contributed by atoms with Crippen LogP contribution in [0.4, 0.5) is 0 Å². The van der Waals surface area contributed by atoms with E-state index in [2.05, 4.69) is 49.5 Å². The summed E-state index contributed by atoms with van der Waals surface area (Å²) in [4.78, 5) is 0. The molecule has 0 bridgehead atoms. The van der Waals surface area contributed by atoms with Crippen LogP contribution in [-0.2, 0) is 0 Å². The third-order valence-corrected chi connectivity index (χ3v) is 3.72. The standard InChI is InChI=1S/C17H25NO/c1-3-18-11-6-7-14(2)13-15-10-12-19-17-9-5-4-8-16(15)17/h4-5,7-9,15,18H,3,6,10-13H2,1-2H3/b14-7-. The molecule has 0 amide bonds. The molecule has 1 unspecified atom stereocenters. The summed E-state index contributed by atoms with van der Waals surface area (Å²) in [5.41, 5.74) is 2.88. The quantitative estimate of drug-likeness (QED) is 0.618. The second kappa shape index (κ2) is 7.34. The van der Waals surface area contributed by atoms with Gasteiger partial charge < -0.3 is 10.1 Å². The van der Waals surface area contributed by atoms with Gasteiger partial charge in [-0.25, -0.2) is 0 Å². The maximum absolute atomic E-state index is 5.72. The van der Waals surface area contributed by atoms with E-state index < -0.39 is 0 Å². The van der Waals surface area contributed by atoms with E-state index in [4.69, 9.17) is 4.74 Å². The van der Waals surface area contributed by atoms with Crippen LogP contribution in [0.2, 0.25) is 0 Å². The average Bonchev–Trinajstić information content (AvgIpc) is 2.44. The molecule has 1 aliphatic heterocycles. The van der Waals surface area contributed by atoms with E-state index in [1.807, 2.05) is 0 Å². The smallest absolute Gasteiger partial charge is 0.122 e. The number of para-hydroxylation sites is 1. The van der Waals surface area contributed by atoms with E-state index in [1.165, 1.54) is 11.1 Å². The molecule has 0 radical (unpaired) electrons. The molecule has 2 heteroatoms. The molecular formula is C17H25NO. The summed E-state index contributed by atoms with van der Waals surface area (Å²) < 4.78 is 5.72. The topological polar surface area (TPSA) is 21.3 Å². The highest BCUT2D eigenvalue weighted by atomic mass is 16.5. The van der Waals surface area contributed by atoms with Gasteiger partial charge in [-0.2, -0.15) is 0 Å². The molecule has 1 heterocycles. The molecule has 1 N–H and O–H groups in total. The number of rotatable bonds is 6. The Hall–Kier alpha value is -1.28. The van der Waals surface area contributed by atoms with Crippen molar-refractivity contribution in [2.24, 2.45) is 0 Å². The Bertz CT molecular complexity index is 425. The number of ether oxygens (including phenoxy) is 1. The SMILES string of the molecule is CCNCC/C=C(/C)CC1CCOc2ccccc21. The minimum absolute atomic E-state index is 0.625. The summed E-state index contributed by atoms with van der Waals surface area (Å²) in [5, 5.41) is 3.36. The van der Waals surface area contributed by atoms with Crippen molar-refractivity contribution in [2.75, 3.05) is 19.7 Å². The van der Waals surface area contributed by atoms with Crippen molar-refractivity contribution in [2.45, 2.75) is 39.0 Å². The van der Waals surface area contributed by atoms with E-state index in [0.717, 1.165) is 44.7 Å². The minimum atomic E-state index is 0.625. The summed E-state index contributed by atoms with van der Waals surface area (Å²) in [5.74, 6) is 1.71. The van der Waals surface area contributed by atoms with Crippen LogP contribution in [0.1, 0.15) is 44.6 Å². The van der Waals surface area contributed by atoms with Crippen molar-refractivity contribution in [1.29, 1.82) is 0 Å². The normalized spacial score (nSPS) is 18.8. The summed E-state index contributed by atoms with van der Waals surface area (Å²) in [6.07, 6.45) is 5.80. The van der Waals surface area contributed by atoms with Crippen LogP contribution in [0.3, 0.4) is 0 Å². The number of nitrogens with one attached hydrogen (secondary N) is 1. The molecule has 19 heavy (non-hydrogen) atoms. The van der Waals surface area contributed by atoms with Crippen molar-refractivity contribution in [3.8, 4) is 5.75 Å². The Labute approximate surface area is 116 Å². The summed E-state index contributed by atoms with van der Waals surface area (Å²) in [6, 6.07) is 8.47. The molecule has 0 saturated heterocycles. The van der Waals surface area contributed by atoms with E-state index in [9.17, 15) is 0 Å². The molecule has 1 aromatic carbocycles. The fourth-order valence-corrected chi connectivity index (χ4v) is 2.70. The van der Waals surface area contributed by atoms with Crippen LogP contribution in [0, 0.1) is 0 Å². The first-order valence-corrected chi connectivity index (χ1v) is 7.39. The molecule has 2 rings (SSSR count). The zero-order valence-electron chi connectivity index (χ0n) is 12.1. The van der Waals surface area contributed by atoms with Gasteiger partial charge in [0.2, 0.25) is 0 Å². The van der Waals surface area contributed by atoms with Crippen molar-refractivity contribution < 1.29 is 4.74 Å². The van der Waals surface area contributed by atoms with Gasteiger partial charge in [-0.15, -0.1) is 0 Å². The molecule has 1 atom stereocenters. The second-order valence-electron chi connectivity index (χ2n) is 5.27. The Balaban J connectivity index is 1.93. The molecule has 104 valence electrons. The van der Waals surface area contributed by atoms with Crippen LogP contribution in [0.15, 0.2) is 35.9 Å². The van der Waals surface area contributed by atoms with Crippen LogP contribution < -0.4 is 10.1 Å². The molecule has 1 aromatic rings. The van der Waals surface area contributed by atoms with Gasteiger partial charge in [0, 0.05) is 0 Å². The van der Waals surface area contributed by atoms with Crippen LogP contribution in [-0.4, -0.2) is 19.7 Å². The number of benzene rings is 1. The largest absolute Gasteiger partial charge is 0.493 e. The first-order valence-electron chi connectivity index (χ1n) is 7.39. The van der Waals surface area contributed by atoms with Gasteiger partial charge in [0.25, 0.3) is 0 Å². The Morgan fingerprint density at radius 1 is 1.42 bits per heavy atom. The Kier molecular flexibility index (Phi) is 5.46.